The van der Waals surface area contributed by atoms with Crippen molar-refractivity contribution in [3.63, 3.8) is 0 Å². The number of nitrogens with zero attached hydrogens (tertiary/aromatic N) is 3. The fraction of sp³-hybridized carbons (Fsp3) is 0.312. The van der Waals surface area contributed by atoms with Crippen molar-refractivity contribution in [2.45, 2.75) is 0 Å². The smallest absolute Gasteiger partial charge is 0.271 e. The van der Waals surface area contributed by atoms with E-state index in [2.05, 4.69) is 25.8 Å². The zero-order valence-electron chi connectivity index (χ0n) is 13.5. The first-order valence-corrected chi connectivity index (χ1v) is 8.36. The second kappa shape index (κ2) is 7.66. The highest BCUT2D eigenvalue weighted by Gasteiger charge is 2.18. The third-order valence-electron chi connectivity index (χ3n) is 3.69. The lowest BCUT2D eigenvalue weighted by atomic mass is 10.2. The molecular formula is C16H16BrN3O5. The fourth-order valence-corrected chi connectivity index (χ4v) is 3.01. The van der Waals surface area contributed by atoms with Gasteiger partial charge in [0.15, 0.2) is 0 Å². The number of furan rings is 1. The van der Waals surface area contributed by atoms with Crippen LogP contribution in [-0.2, 0) is 4.74 Å². The van der Waals surface area contributed by atoms with E-state index in [0.29, 0.717) is 30.4 Å². The molecule has 0 spiro atoms. The van der Waals surface area contributed by atoms with Crippen molar-refractivity contribution >= 4 is 39.4 Å². The maximum Gasteiger partial charge on any atom is 0.271 e. The average Bonchev–Trinajstić information content (AvgIpc) is 3.01. The topological polar surface area (TPSA) is 90.3 Å². The Bertz CT molecular complexity index is 799. The highest BCUT2D eigenvalue weighted by molar-refractivity contribution is 9.10. The molecule has 0 bridgehead atoms. The van der Waals surface area contributed by atoms with Crippen molar-refractivity contribution in [3.05, 3.63) is 44.6 Å². The number of anilines is 1. The van der Waals surface area contributed by atoms with E-state index < -0.39 is 4.92 Å². The number of non-ortho nitro benzene ring substituents is 1. The summed E-state index contributed by atoms with van der Waals surface area (Å²) < 4.78 is 17.2. The summed E-state index contributed by atoms with van der Waals surface area (Å²) in [4.78, 5) is 16.8. The summed E-state index contributed by atoms with van der Waals surface area (Å²) in [5.74, 6) is 1.69. The van der Waals surface area contributed by atoms with Crippen LogP contribution in [0.2, 0.25) is 0 Å². The molecule has 25 heavy (non-hydrogen) atoms. The van der Waals surface area contributed by atoms with Gasteiger partial charge in [-0.1, -0.05) is 0 Å². The number of nitro benzene ring substituents is 1. The summed E-state index contributed by atoms with van der Waals surface area (Å²) in [6.07, 6.45) is 1.51. The summed E-state index contributed by atoms with van der Waals surface area (Å²) >= 11 is 3.49. The number of halogens is 1. The number of methoxy groups -OCH3 is 1. The largest absolute Gasteiger partial charge is 0.494 e. The molecule has 1 aromatic carbocycles. The summed E-state index contributed by atoms with van der Waals surface area (Å²) in [6, 6.07) is 6.05. The second-order valence-electron chi connectivity index (χ2n) is 5.27. The molecule has 0 amide bonds. The standard InChI is InChI=1S/C16H16BrN3O5/c1-23-15-3-2-11(20(21)22)8-14(15)18-10-12-9-13(17)16(25-12)19-4-6-24-7-5-19/h2-3,8-10H,4-7H2,1H3. The van der Waals surface area contributed by atoms with E-state index in [0.717, 1.165) is 23.4 Å². The van der Waals surface area contributed by atoms with Crippen molar-refractivity contribution in [2.75, 3.05) is 38.3 Å². The Morgan fingerprint density at radius 2 is 2.12 bits per heavy atom. The van der Waals surface area contributed by atoms with Gasteiger partial charge in [-0.15, -0.1) is 0 Å². The summed E-state index contributed by atoms with van der Waals surface area (Å²) in [7, 11) is 1.49. The normalized spacial score (nSPS) is 14.9. The summed E-state index contributed by atoms with van der Waals surface area (Å²) in [6.45, 7) is 2.81. The quantitative estimate of drug-likeness (QED) is 0.426. The number of aliphatic imine (C=N–C) groups is 1. The van der Waals surface area contributed by atoms with Crippen molar-refractivity contribution in [2.24, 2.45) is 4.99 Å². The van der Waals surface area contributed by atoms with Crippen molar-refractivity contribution in [1.29, 1.82) is 0 Å². The van der Waals surface area contributed by atoms with Gasteiger partial charge in [0, 0.05) is 31.3 Å². The Morgan fingerprint density at radius 1 is 1.36 bits per heavy atom. The van der Waals surface area contributed by atoms with Crippen LogP contribution in [-0.4, -0.2) is 44.6 Å². The molecule has 2 aromatic rings. The predicted octanol–water partition coefficient (Wildman–Crippen LogP) is 3.55. The van der Waals surface area contributed by atoms with Gasteiger partial charge >= 0.3 is 0 Å². The van der Waals surface area contributed by atoms with E-state index in [1.165, 1.54) is 31.5 Å². The first-order chi connectivity index (χ1) is 12.1. The number of rotatable bonds is 5. The molecule has 2 heterocycles. The minimum Gasteiger partial charge on any atom is -0.494 e. The van der Waals surface area contributed by atoms with Crippen LogP contribution in [0.5, 0.6) is 5.75 Å². The van der Waals surface area contributed by atoms with E-state index in [-0.39, 0.29) is 5.69 Å². The van der Waals surface area contributed by atoms with Crippen molar-refractivity contribution in [3.8, 4) is 5.75 Å². The Kier molecular flexibility index (Phi) is 5.34. The first-order valence-electron chi connectivity index (χ1n) is 7.57. The highest BCUT2D eigenvalue weighted by atomic mass is 79.9. The van der Waals surface area contributed by atoms with E-state index in [1.54, 1.807) is 6.07 Å². The van der Waals surface area contributed by atoms with Crippen molar-refractivity contribution < 1.29 is 18.8 Å². The van der Waals surface area contributed by atoms with Gasteiger partial charge in [0.05, 0.1) is 35.9 Å². The molecule has 1 aliphatic heterocycles. The summed E-state index contributed by atoms with van der Waals surface area (Å²) in [5, 5.41) is 10.9. The zero-order valence-corrected chi connectivity index (χ0v) is 15.1. The number of hydrogen-bond donors (Lipinski definition) is 0. The molecule has 8 nitrogen and oxygen atoms in total. The van der Waals surface area contributed by atoms with E-state index in [4.69, 9.17) is 13.9 Å². The number of nitro groups is 1. The molecule has 1 aromatic heterocycles. The van der Waals surface area contributed by atoms with Crippen LogP contribution >= 0.6 is 15.9 Å². The molecule has 1 aliphatic rings. The van der Waals surface area contributed by atoms with Crippen LogP contribution in [0.25, 0.3) is 0 Å². The van der Waals surface area contributed by atoms with Crippen molar-refractivity contribution in [1.82, 2.24) is 0 Å². The zero-order chi connectivity index (χ0) is 17.8. The highest BCUT2D eigenvalue weighted by Crippen LogP contribution is 2.33. The third-order valence-corrected chi connectivity index (χ3v) is 4.26. The lowest BCUT2D eigenvalue weighted by molar-refractivity contribution is -0.384. The first kappa shape index (κ1) is 17.4. The Hall–Kier alpha value is -2.39. The lowest BCUT2D eigenvalue weighted by Crippen LogP contribution is -2.36. The maximum atomic E-state index is 10.9. The second-order valence-corrected chi connectivity index (χ2v) is 6.13. The van der Waals surface area contributed by atoms with Crippen LogP contribution < -0.4 is 9.64 Å². The number of ether oxygens (including phenoxy) is 2. The Balaban J connectivity index is 1.84. The predicted molar refractivity (Wildman–Crippen MR) is 96.3 cm³/mol. The molecule has 0 unspecified atom stereocenters. The molecule has 0 saturated carbocycles. The fourth-order valence-electron chi connectivity index (χ4n) is 2.45. The Morgan fingerprint density at radius 3 is 2.80 bits per heavy atom. The molecule has 132 valence electrons. The van der Waals surface area contributed by atoms with Crippen LogP contribution in [0.3, 0.4) is 0 Å². The van der Waals surface area contributed by atoms with Crippen LogP contribution in [0.1, 0.15) is 5.76 Å². The van der Waals surface area contributed by atoms with Gasteiger partial charge in [-0.25, -0.2) is 4.99 Å². The molecule has 0 atom stereocenters. The van der Waals surface area contributed by atoms with Gasteiger partial charge in [0.25, 0.3) is 5.69 Å². The molecule has 0 N–H and O–H groups in total. The third kappa shape index (κ3) is 3.99. The molecule has 0 aliphatic carbocycles. The SMILES string of the molecule is COc1ccc([N+](=O)[O-])cc1N=Cc1cc(Br)c(N2CCOCC2)o1. The molecule has 0 radical (unpaired) electrons. The average molecular weight is 410 g/mol. The minimum absolute atomic E-state index is 0.0532. The van der Waals surface area contributed by atoms with Crippen LogP contribution in [0.4, 0.5) is 17.3 Å². The lowest BCUT2D eigenvalue weighted by Gasteiger charge is -2.26. The number of hydrogen-bond acceptors (Lipinski definition) is 7. The minimum atomic E-state index is -0.474. The monoisotopic (exact) mass is 409 g/mol. The van der Waals surface area contributed by atoms with E-state index >= 15 is 0 Å². The summed E-state index contributed by atoms with van der Waals surface area (Å²) in [5.41, 5.74) is 0.305. The molecular weight excluding hydrogens is 394 g/mol. The van der Waals surface area contributed by atoms with Crippen LogP contribution in [0, 0.1) is 10.1 Å². The van der Waals surface area contributed by atoms with Gasteiger partial charge in [-0.2, -0.15) is 0 Å². The van der Waals surface area contributed by atoms with Gasteiger partial charge in [0.1, 0.15) is 17.2 Å². The van der Waals surface area contributed by atoms with E-state index in [1.807, 2.05) is 0 Å². The van der Waals surface area contributed by atoms with Gasteiger partial charge in [-0.3, -0.25) is 10.1 Å². The van der Waals surface area contributed by atoms with Gasteiger partial charge < -0.3 is 18.8 Å². The maximum absolute atomic E-state index is 10.9. The number of benzene rings is 1. The molecule has 1 fully saturated rings. The number of morpholine rings is 1. The van der Waals surface area contributed by atoms with E-state index in [9.17, 15) is 10.1 Å². The molecule has 1 saturated heterocycles. The van der Waals surface area contributed by atoms with Gasteiger partial charge in [-0.05, 0) is 22.0 Å². The molecule has 3 rings (SSSR count). The van der Waals surface area contributed by atoms with Gasteiger partial charge in [0.2, 0.25) is 5.88 Å². The molecule has 9 heteroatoms. The van der Waals surface area contributed by atoms with Crippen LogP contribution in [0.15, 0.2) is 38.1 Å². The Labute approximate surface area is 152 Å².